The van der Waals surface area contributed by atoms with Crippen molar-refractivity contribution in [2.24, 2.45) is 5.92 Å². The summed E-state index contributed by atoms with van der Waals surface area (Å²) in [6, 6.07) is 0.591. The summed E-state index contributed by atoms with van der Waals surface area (Å²) in [5.41, 5.74) is -0.266. The molecule has 0 aromatic rings. The van der Waals surface area contributed by atoms with Crippen molar-refractivity contribution in [3.63, 3.8) is 0 Å². The third-order valence-electron chi connectivity index (χ3n) is 3.22. The Balaban J connectivity index is 1.75. The van der Waals surface area contributed by atoms with E-state index in [1.807, 2.05) is 0 Å². The molecular weight excluding hydrogens is 150 g/mol. The molecule has 70 valence electrons. The molecule has 1 heterocycles. The number of nitrogens with one attached hydrogen (secondary N) is 1. The first-order chi connectivity index (χ1) is 5.68. The predicted molar refractivity (Wildman–Crippen MR) is 49.0 cm³/mol. The SMILES string of the molecule is CC1CCC(CC2(O)CC2)NC1. The van der Waals surface area contributed by atoms with Gasteiger partial charge in [0.2, 0.25) is 0 Å². The Morgan fingerprint density at radius 1 is 1.42 bits per heavy atom. The Kier molecular flexibility index (Phi) is 2.13. The molecular formula is C10H19NO. The fraction of sp³-hybridized carbons (Fsp3) is 1.00. The van der Waals surface area contributed by atoms with E-state index in [1.54, 1.807) is 0 Å². The van der Waals surface area contributed by atoms with Gasteiger partial charge in [0, 0.05) is 6.04 Å². The van der Waals surface area contributed by atoms with Crippen molar-refractivity contribution in [1.29, 1.82) is 0 Å². The van der Waals surface area contributed by atoms with Crippen molar-refractivity contribution in [1.82, 2.24) is 5.32 Å². The molecule has 2 heteroatoms. The highest BCUT2D eigenvalue weighted by Crippen LogP contribution is 2.40. The smallest absolute Gasteiger partial charge is 0.0664 e. The van der Waals surface area contributed by atoms with E-state index in [9.17, 15) is 5.11 Å². The molecule has 2 N–H and O–H groups in total. The number of piperidine rings is 1. The maximum Gasteiger partial charge on any atom is 0.0664 e. The zero-order valence-corrected chi connectivity index (χ0v) is 7.84. The second-order valence-electron chi connectivity index (χ2n) is 4.72. The molecule has 2 atom stereocenters. The summed E-state index contributed by atoms with van der Waals surface area (Å²) in [5.74, 6) is 0.829. The highest BCUT2D eigenvalue weighted by atomic mass is 16.3. The van der Waals surface area contributed by atoms with Gasteiger partial charge in [-0.2, -0.15) is 0 Å². The van der Waals surface area contributed by atoms with E-state index in [0.29, 0.717) is 6.04 Å². The molecule has 2 aliphatic rings. The molecule has 2 fully saturated rings. The van der Waals surface area contributed by atoms with Crippen LogP contribution in [0, 0.1) is 5.92 Å². The quantitative estimate of drug-likeness (QED) is 0.653. The van der Waals surface area contributed by atoms with Crippen molar-refractivity contribution >= 4 is 0 Å². The van der Waals surface area contributed by atoms with Gasteiger partial charge in [0.25, 0.3) is 0 Å². The second kappa shape index (κ2) is 3.00. The lowest BCUT2D eigenvalue weighted by atomic mass is 9.93. The molecule has 2 nitrogen and oxygen atoms in total. The Bertz CT molecular complexity index is 157. The molecule has 0 aromatic carbocycles. The van der Waals surface area contributed by atoms with Crippen LogP contribution in [0.25, 0.3) is 0 Å². The average molecular weight is 169 g/mol. The van der Waals surface area contributed by atoms with Crippen molar-refractivity contribution < 1.29 is 5.11 Å². The van der Waals surface area contributed by atoms with Gasteiger partial charge in [-0.3, -0.25) is 0 Å². The highest BCUT2D eigenvalue weighted by Gasteiger charge is 2.42. The predicted octanol–water partition coefficient (Wildman–Crippen LogP) is 1.29. The Hall–Kier alpha value is -0.0800. The molecule has 1 aliphatic heterocycles. The van der Waals surface area contributed by atoms with Gasteiger partial charge in [0.05, 0.1) is 5.60 Å². The lowest BCUT2D eigenvalue weighted by Crippen LogP contribution is -2.40. The van der Waals surface area contributed by atoms with E-state index in [1.165, 1.54) is 12.8 Å². The number of aliphatic hydroxyl groups is 1. The minimum absolute atomic E-state index is 0.266. The summed E-state index contributed by atoms with van der Waals surface area (Å²) in [6.45, 7) is 3.43. The normalized spacial score (nSPS) is 39.5. The molecule has 0 amide bonds. The van der Waals surface area contributed by atoms with Crippen molar-refractivity contribution in [2.45, 2.75) is 50.7 Å². The van der Waals surface area contributed by atoms with E-state index in [4.69, 9.17) is 0 Å². The highest BCUT2D eigenvalue weighted by molar-refractivity contribution is 4.97. The Morgan fingerprint density at radius 3 is 2.67 bits per heavy atom. The molecule has 1 aliphatic carbocycles. The van der Waals surface area contributed by atoms with Crippen LogP contribution < -0.4 is 5.32 Å². The third kappa shape index (κ3) is 1.99. The molecule has 0 aromatic heterocycles. The van der Waals surface area contributed by atoms with E-state index in [-0.39, 0.29) is 5.60 Å². The molecule has 2 rings (SSSR count). The maximum absolute atomic E-state index is 9.71. The molecule has 0 radical (unpaired) electrons. The molecule has 1 saturated heterocycles. The van der Waals surface area contributed by atoms with Gasteiger partial charge in [-0.15, -0.1) is 0 Å². The number of hydrogen-bond acceptors (Lipinski definition) is 2. The maximum atomic E-state index is 9.71. The van der Waals surface area contributed by atoms with Gasteiger partial charge < -0.3 is 10.4 Å². The van der Waals surface area contributed by atoms with Gasteiger partial charge in [0.1, 0.15) is 0 Å². The Morgan fingerprint density at radius 2 is 2.17 bits per heavy atom. The van der Waals surface area contributed by atoms with Crippen LogP contribution in [0.3, 0.4) is 0 Å². The van der Waals surface area contributed by atoms with Gasteiger partial charge in [-0.25, -0.2) is 0 Å². The van der Waals surface area contributed by atoms with Crippen LogP contribution in [0.15, 0.2) is 0 Å². The van der Waals surface area contributed by atoms with E-state index >= 15 is 0 Å². The molecule has 2 unspecified atom stereocenters. The van der Waals surface area contributed by atoms with Gasteiger partial charge in [0.15, 0.2) is 0 Å². The number of rotatable bonds is 2. The molecule has 1 saturated carbocycles. The van der Waals surface area contributed by atoms with Crippen LogP contribution in [-0.2, 0) is 0 Å². The standard InChI is InChI=1S/C10H19NO/c1-8-2-3-9(11-7-8)6-10(12)4-5-10/h8-9,11-12H,2-7H2,1H3. The largest absolute Gasteiger partial charge is 0.390 e. The molecule has 0 bridgehead atoms. The zero-order valence-electron chi connectivity index (χ0n) is 7.84. The summed E-state index contributed by atoms with van der Waals surface area (Å²) in [5, 5.41) is 13.2. The van der Waals surface area contributed by atoms with Gasteiger partial charge in [-0.05, 0) is 44.6 Å². The lowest BCUT2D eigenvalue weighted by molar-refractivity contribution is 0.116. The lowest BCUT2D eigenvalue weighted by Gasteiger charge is -2.29. The summed E-state index contributed by atoms with van der Waals surface area (Å²) < 4.78 is 0. The van der Waals surface area contributed by atoms with Crippen LogP contribution in [0.5, 0.6) is 0 Å². The monoisotopic (exact) mass is 169 g/mol. The Labute approximate surface area is 74.4 Å². The van der Waals surface area contributed by atoms with E-state index in [2.05, 4.69) is 12.2 Å². The minimum Gasteiger partial charge on any atom is -0.390 e. The minimum atomic E-state index is -0.266. The average Bonchev–Trinajstić information content (AvgIpc) is 2.74. The van der Waals surface area contributed by atoms with Crippen molar-refractivity contribution in [3.05, 3.63) is 0 Å². The van der Waals surface area contributed by atoms with E-state index in [0.717, 1.165) is 31.7 Å². The summed E-state index contributed by atoms with van der Waals surface area (Å²) in [4.78, 5) is 0. The van der Waals surface area contributed by atoms with Gasteiger partial charge in [-0.1, -0.05) is 6.92 Å². The van der Waals surface area contributed by atoms with Crippen LogP contribution in [0.1, 0.15) is 39.0 Å². The third-order valence-corrected chi connectivity index (χ3v) is 3.22. The number of hydrogen-bond donors (Lipinski definition) is 2. The first-order valence-electron chi connectivity index (χ1n) is 5.14. The second-order valence-corrected chi connectivity index (χ2v) is 4.72. The molecule has 12 heavy (non-hydrogen) atoms. The van der Waals surface area contributed by atoms with Crippen LogP contribution in [0.4, 0.5) is 0 Å². The summed E-state index contributed by atoms with van der Waals surface area (Å²) >= 11 is 0. The summed E-state index contributed by atoms with van der Waals surface area (Å²) in [7, 11) is 0. The fourth-order valence-corrected chi connectivity index (χ4v) is 2.04. The van der Waals surface area contributed by atoms with Crippen LogP contribution in [-0.4, -0.2) is 23.3 Å². The topological polar surface area (TPSA) is 32.3 Å². The zero-order chi connectivity index (χ0) is 8.60. The van der Waals surface area contributed by atoms with Crippen molar-refractivity contribution in [2.75, 3.05) is 6.54 Å². The van der Waals surface area contributed by atoms with E-state index < -0.39 is 0 Å². The molecule has 0 spiro atoms. The first-order valence-corrected chi connectivity index (χ1v) is 5.14. The van der Waals surface area contributed by atoms with Crippen LogP contribution in [0.2, 0.25) is 0 Å². The summed E-state index contributed by atoms with van der Waals surface area (Å²) in [6.07, 6.45) is 5.62. The first kappa shape index (κ1) is 8.52. The van der Waals surface area contributed by atoms with Crippen molar-refractivity contribution in [3.8, 4) is 0 Å². The van der Waals surface area contributed by atoms with Gasteiger partial charge >= 0.3 is 0 Å². The van der Waals surface area contributed by atoms with Crippen LogP contribution >= 0.6 is 0 Å². The fourth-order valence-electron chi connectivity index (χ4n) is 2.04.